The Morgan fingerprint density at radius 1 is 1.11 bits per heavy atom. The molecule has 8 N–H and O–H groups in total. The largest absolute Gasteiger partial charge is 0.480 e. The number of carboxylic acids is 1. The summed E-state index contributed by atoms with van der Waals surface area (Å²) in [5.41, 5.74) is 9.35. The molecule has 18 heteroatoms. The van der Waals surface area contributed by atoms with Crippen molar-refractivity contribution in [2.24, 2.45) is 27.8 Å². The number of aliphatic hydroxyl groups excluding tert-OH is 1. The predicted octanol–water partition coefficient (Wildman–Crippen LogP) is 2.36. The van der Waals surface area contributed by atoms with Crippen molar-refractivity contribution < 1.29 is 61.9 Å². The van der Waals surface area contributed by atoms with E-state index in [1.807, 2.05) is 6.92 Å². The number of fused-ring (bicyclic) bond motifs is 1. The molecular weight excluding hydrogens is 740 g/mol. The van der Waals surface area contributed by atoms with Gasteiger partial charge in [-0.2, -0.15) is 0 Å². The van der Waals surface area contributed by atoms with Crippen LogP contribution in [0.5, 0.6) is 0 Å². The highest BCUT2D eigenvalue weighted by molar-refractivity contribution is 5.91. The minimum atomic E-state index is -3.51. The average molecular weight is 798 g/mol. The number of aliphatic imine (C=N–C) groups is 1. The second-order valence-electron chi connectivity index (χ2n) is 14.8. The zero-order valence-corrected chi connectivity index (χ0v) is 32.6. The van der Waals surface area contributed by atoms with E-state index in [1.165, 1.54) is 33.1 Å². The van der Waals surface area contributed by atoms with Crippen LogP contribution in [0, 0.1) is 11.3 Å². The number of carbonyl (C=O) groups excluding carboxylic acids is 3. The smallest absolute Gasteiger partial charge is 0.326 e. The number of ether oxygens (including phenoxy) is 5. The minimum absolute atomic E-state index is 0.0186. The van der Waals surface area contributed by atoms with Gasteiger partial charge in [0.2, 0.25) is 11.7 Å². The Bertz CT molecular complexity index is 1530. The summed E-state index contributed by atoms with van der Waals surface area (Å²) in [6.45, 7) is 9.91. The summed E-state index contributed by atoms with van der Waals surface area (Å²) in [7, 11) is 1.28. The predicted molar refractivity (Wildman–Crippen MR) is 200 cm³/mol. The van der Waals surface area contributed by atoms with Crippen LogP contribution in [-0.4, -0.2) is 115 Å². The number of carboxylic acid groups (broad SMARTS) is 1. The van der Waals surface area contributed by atoms with Crippen LogP contribution in [0.25, 0.3) is 0 Å². The first kappa shape index (κ1) is 46.3. The van der Waals surface area contributed by atoms with E-state index in [0.717, 1.165) is 0 Å². The fourth-order valence-electron chi connectivity index (χ4n) is 6.59. The molecule has 314 valence electrons. The van der Waals surface area contributed by atoms with Crippen molar-refractivity contribution in [1.82, 2.24) is 10.6 Å². The Kier molecular flexibility index (Phi) is 16.9. The molecule has 3 aliphatic rings. The van der Waals surface area contributed by atoms with E-state index >= 15 is 8.78 Å². The first-order chi connectivity index (χ1) is 26.3. The molecular formula is C38H57F2N5O11. The number of halogens is 2. The highest BCUT2D eigenvalue weighted by Crippen LogP contribution is 2.51. The molecule has 56 heavy (non-hydrogen) atoms. The lowest BCUT2D eigenvalue weighted by Crippen LogP contribution is -2.71. The van der Waals surface area contributed by atoms with Gasteiger partial charge in [-0.25, -0.2) is 13.6 Å². The highest BCUT2D eigenvalue weighted by Gasteiger charge is 2.67. The van der Waals surface area contributed by atoms with Gasteiger partial charge in [-0.3, -0.25) is 19.4 Å². The molecule has 2 amide bonds. The molecule has 0 aromatic heterocycles. The standard InChI is InChI=1S/C38H57F2N5O11/c1-22-20-37(52-6,56-24(3)23(22)2)30(48)32(49)45-33-29-31(53-21-54-33)38(39,40)36(4,5)27(55-29)19-25(46)15-12-10-8-7-9-11-13-17-28(47)44-26(34(50)51)16-14-18-43-35(41)42/h7-9,11,13,17,23-24,26-27,29-31,33,48H,1,10,12,14-16,18-21H2,2-6H3,(H,44,47)(H,45,49)(H,50,51)(H4,41,42,43)/b8-7+,11-9+,17-13+/t23-,24-,26+,27-,29+,30-,31+,33+,37-/m1/s1. The maximum Gasteiger partial charge on any atom is 0.326 e. The van der Waals surface area contributed by atoms with E-state index in [9.17, 15) is 29.4 Å². The highest BCUT2D eigenvalue weighted by atomic mass is 19.3. The lowest BCUT2D eigenvalue weighted by atomic mass is 9.71. The summed E-state index contributed by atoms with van der Waals surface area (Å²) in [5.74, 6) is -8.51. The number of guanidine groups is 1. The van der Waals surface area contributed by atoms with Gasteiger partial charge in [0, 0.05) is 44.9 Å². The monoisotopic (exact) mass is 797 g/mol. The molecule has 3 saturated heterocycles. The first-order valence-electron chi connectivity index (χ1n) is 18.5. The fraction of sp³-hybridized carbons (Fsp3) is 0.658. The Morgan fingerprint density at radius 3 is 2.45 bits per heavy atom. The van der Waals surface area contributed by atoms with Gasteiger partial charge in [0.1, 0.15) is 24.7 Å². The maximum atomic E-state index is 16.0. The van der Waals surface area contributed by atoms with Crippen molar-refractivity contribution in [1.29, 1.82) is 0 Å². The molecule has 0 saturated carbocycles. The van der Waals surface area contributed by atoms with Crippen LogP contribution in [0.15, 0.2) is 53.6 Å². The lowest BCUT2D eigenvalue weighted by molar-refractivity contribution is -0.370. The number of amides is 2. The summed E-state index contributed by atoms with van der Waals surface area (Å²) in [4.78, 5) is 53.7. The topological polar surface area (TPSA) is 243 Å². The van der Waals surface area contributed by atoms with Crippen LogP contribution in [0.3, 0.4) is 0 Å². The number of carbonyl (C=O) groups is 4. The van der Waals surface area contributed by atoms with E-state index in [-0.39, 0.29) is 49.9 Å². The van der Waals surface area contributed by atoms with Gasteiger partial charge in [0.05, 0.1) is 17.6 Å². The number of hydrogen-bond acceptors (Lipinski definition) is 11. The van der Waals surface area contributed by atoms with E-state index in [1.54, 1.807) is 31.2 Å². The number of Topliss-reactive ketones (excluding diaryl/α,β-unsaturated/α-hetero) is 1. The molecule has 16 nitrogen and oxygen atoms in total. The van der Waals surface area contributed by atoms with Crippen LogP contribution < -0.4 is 22.1 Å². The van der Waals surface area contributed by atoms with Gasteiger partial charge in [0.25, 0.3) is 11.8 Å². The summed E-state index contributed by atoms with van der Waals surface area (Å²) >= 11 is 0. The number of allylic oxidation sites excluding steroid dienone is 5. The average Bonchev–Trinajstić information content (AvgIpc) is 3.13. The van der Waals surface area contributed by atoms with Gasteiger partial charge in [-0.15, -0.1) is 0 Å². The molecule has 0 aromatic rings. The number of aliphatic hydroxyl groups is 1. The van der Waals surface area contributed by atoms with Crippen LogP contribution >= 0.6 is 0 Å². The molecule has 3 heterocycles. The van der Waals surface area contributed by atoms with Gasteiger partial charge in [-0.05, 0) is 32.6 Å². The third-order valence-corrected chi connectivity index (χ3v) is 10.5. The molecule has 0 radical (unpaired) electrons. The lowest BCUT2D eigenvalue weighted by Gasteiger charge is -2.54. The maximum absolute atomic E-state index is 16.0. The van der Waals surface area contributed by atoms with Crippen LogP contribution in [0.1, 0.15) is 72.6 Å². The molecule has 0 unspecified atom stereocenters. The Labute approximate surface area is 325 Å². The van der Waals surface area contributed by atoms with Crippen molar-refractivity contribution in [3.8, 4) is 0 Å². The third kappa shape index (κ3) is 11.7. The quantitative estimate of drug-likeness (QED) is 0.0275. The second kappa shape index (κ2) is 20.4. The van der Waals surface area contributed by atoms with Crippen molar-refractivity contribution in [3.63, 3.8) is 0 Å². The Hall–Kier alpha value is -4.07. The molecule has 0 bridgehead atoms. The van der Waals surface area contributed by atoms with Crippen LogP contribution in [0.4, 0.5) is 8.78 Å². The van der Waals surface area contributed by atoms with Gasteiger partial charge in [0.15, 0.2) is 24.4 Å². The number of hydrogen-bond donors (Lipinski definition) is 6. The molecule has 3 rings (SSSR count). The third-order valence-electron chi connectivity index (χ3n) is 10.5. The van der Waals surface area contributed by atoms with Gasteiger partial charge < -0.3 is 56.0 Å². The molecule has 0 aliphatic carbocycles. The Morgan fingerprint density at radius 2 is 1.80 bits per heavy atom. The number of aliphatic carboxylic acids is 1. The van der Waals surface area contributed by atoms with E-state index in [2.05, 4.69) is 22.2 Å². The molecule has 3 fully saturated rings. The zero-order valence-electron chi connectivity index (χ0n) is 32.6. The number of ketones is 1. The number of alkyl halides is 2. The van der Waals surface area contributed by atoms with Crippen LogP contribution in [0.2, 0.25) is 0 Å². The van der Waals surface area contributed by atoms with Gasteiger partial charge >= 0.3 is 5.97 Å². The van der Waals surface area contributed by atoms with Crippen LogP contribution in [-0.2, 0) is 42.9 Å². The zero-order chi connectivity index (χ0) is 41.8. The van der Waals surface area contributed by atoms with Crippen molar-refractivity contribution in [2.45, 2.75) is 127 Å². The first-order valence-corrected chi connectivity index (χ1v) is 18.5. The number of nitrogens with two attached hydrogens (primary N) is 2. The number of unbranched alkanes of at least 4 members (excludes halogenated alkanes) is 1. The van der Waals surface area contributed by atoms with Crippen molar-refractivity contribution >= 4 is 29.5 Å². The van der Waals surface area contributed by atoms with Gasteiger partial charge in [-0.1, -0.05) is 63.3 Å². The van der Waals surface area contributed by atoms with E-state index in [4.69, 9.17) is 35.2 Å². The summed E-state index contributed by atoms with van der Waals surface area (Å²) < 4.78 is 60.4. The number of rotatable bonds is 19. The number of methoxy groups -OCH3 is 1. The molecule has 0 spiro atoms. The normalized spacial score (nSPS) is 29.8. The van der Waals surface area contributed by atoms with Crippen molar-refractivity contribution in [3.05, 3.63) is 48.6 Å². The number of nitrogens with zero attached hydrogens (tertiary/aromatic N) is 1. The van der Waals surface area contributed by atoms with E-state index < -0.39 is 84.5 Å². The van der Waals surface area contributed by atoms with E-state index in [0.29, 0.717) is 24.8 Å². The summed E-state index contributed by atoms with van der Waals surface area (Å²) in [6, 6.07) is -1.10. The second-order valence-corrected chi connectivity index (χ2v) is 14.8. The Balaban J connectivity index is 1.52. The molecule has 9 atom stereocenters. The molecule has 0 aromatic carbocycles. The molecule has 3 aliphatic heterocycles. The SMILES string of the molecule is C=C1C[C@](OC)([C@H](O)C(=O)N[C@H]2OCO[C@H]3[C@@H]2O[C@H](CC(=O)CCC/C=C/C=C/C=C/C(=O)N[C@@H](CCCN=C(N)N)C(=O)O)C(C)(C)C3(F)F)O[C@H](C)[C@@H]1C. The fourth-order valence-corrected chi connectivity index (χ4v) is 6.59. The van der Waals surface area contributed by atoms with Crippen molar-refractivity contribution in [2.75, 3.05) is 20.4 Å². The minimum Gasteiger partial charge on any atom is -0.480 e. The number of nitrogens with one attached hydrogen (secondary N) is 2. The summed E-state index contributed by atoms with van der Waals surface area (Å²) in [5, 5.41) is 25.3. The summed E-state index contributed by atoms with van der Waals surface area (Å²) in [6.07, 6.45) is 2.14.